The Morgan fingerprint density at radius 2 is 1.96 bits per heavy atom. The molecule has 1 aliphatic carbocycles. The van der Waals surface area contributed by atoms with Gasteiger partial charge >= 0.3 is 12.2 Å². The van der Waals surface area contributed by atoms with Crippen LogP contribution in [0.4, 0.5) is 9.59 Å². The predicted molar refractivity (Wildman–Crippen MR) is 86.2 cm³/mol. The molecule has 134 valence electrons. The molecule has 23 heavy (non-hydrogen) atoms. The number of carboxylic acid groups (broad SMARTS) is 1. The number of nitrogens with two attached hydrogens (primary N) is 1. The SMILES string of the molecule is CCCCOC(=O)N(CC(O)CC(N)C1CCCCC1)C(=O)O. The van der Waals surface area contributed by atoms with Crippen LogP contribution in [0, 0.1) is 5.92 Å². The second kappa shape index (κ2) is 10.4. The quantitative estimate of drug-likeness (QED) is 0.589. The number of nitrogens with zero attached hydrogens (tertiary/aromatic N) is 1. The Kier molecular flexibility index (Phi) is 8.94. The van der Waals surface area contributed by atoms with Crippen LogP contribution in [0.25, 0.3) is 0 Å². The average Bonchev–Trinajstić information content (AvgIpc) is 2.53. The van der Waals surface area contributed by atoms with E-state index >= 15 is 0 Å². The standard InChI is InChI=1S/C16H30N2O5/c1-2-3-9-23-16(22)18(15(20)21)11-13(19)10-14(17)12-7-5-4-6-8-12/h12-14,19H,2-11,17H2,1H3,(H,20,21). The Morgan fingerprint density at radius 3 is 2.52 bits per heavy atom. The molecule has 0 aromatic carbocycles. The molecule has 0 radical (unpaired) electrons. The highest BCUT2D eigenvalue weighted by Crippen LogP contribution is 2.27. The fourth-order valence-electron chi connectivity index (χ4n) is 2.97. The van der Waals surface area contributed by atoms with E-state index in [0.717, 1.165) is 32.1 Å². The average molecular weight is 330 g/mol. The molecule has 1 fully saturated rings. The summed E-state index contributed by atoms with van der Waals surface area (Å²) in [6, 6.07) is -0.169. The Hall–Kier alpha value is -1.34. The second-order valence-electron chi connectivity index (χ2n) is 6.31. The minimum Gasteiger partial charge on any atom is -0.465 e. The molecule has 0 aromatic heterocycles. The van der Waals surface area contributed by atoms with E-state index in [0.29, 0.717) is 17.2 Å². The van der Waals surface area contributed by atoms with Crippen molar-refractivity contribution in [2.24, 2.45) is 11.7 Å². The van der Waals surface area contributed by atoms with E-state index < -0.39 is 18.3 Å². The van der Waals surface area contributed by atoms with Crippen molar-refractivity contribution in [3.63, 3.8) is 0 Å². The molecule has 4 N–H and O–H groups in total. The number of ether oxygens (including phenoxy) is 1. The summed E-state index contributed by atoms with van der Waals surface area (Å²) in [5.41, 5.74) is 6.13. The number of aliphatic hydroxyl groups is 1. The van der Waals surface area contributed by atoms with Gasteiger partial charge in [-0.2, -0.15) is 0 Å². The van der Waals surface area contributed by atoms with Crippen molar-refractivity contribution in [1.82, 2.24) is 4.90 Å². The number of hydrogen-bond donors (Lipinski definition) is 3. The van der Waals surface area contributed by atoms with Crippen molar-refractivity contribution >= 4 is 12.2 Å². The molecular weight excluding hydrogens is 300 g/mol. The van der Waals surface area contributed by atoms with Gasteiger partial charge in [0.1, 0.15) is 0 Å². The van der Waals surface area contributed by atoms with E-state index in [1.807, 2.05) is 6.92 Å². The summed E-state index contributed by atoms with van der Waals surface area (Å²) >= 11 is 0. The van der Waals surface area contributed by atoms with Gasteiger partial charge in [0, 0.05) is 6.04 Å². The zero-order chi connectivity index (χ0) is 17.2. The molecule has 0 spiro atoms. The maximum Gasteiger partial charge on any atom is 0.419 e. The number of amides is 2. The Morgan fingerprint density at radius 1 is 1.30 bits per heavy atom. The third kappa shape index (κ3) is 7.18. The number of aliphatic hydroxyl groups excluding tert-OH is 1. The topological polar surface area (TPSA) is 113 Å². The largest absolute Gasteiger partial charge is 0.465 e. The number of carbonyl (C=O) groups excluding carboxylic acids is 1. The van der Waals surface area contributed by atoms with Crippen LogP contribution in [0.1, 0.15) is 58.3 Å². The molecule has 1 aliphatic rings. The summed E-state index contributed by atoms with van der Waals surface area (Å²) in [6.45, 7) is 1.82. The maximum absolute atomic E-state index is 11.8. The van der Waals surface area contributed by atoms with Crippen molar-refractivity contribution < 1.29 is 24.5 Å². The molecule has 7 heteroatoms. The summed E-state index contributed by atoms with van der Waals surface area (Å²) < 4.78 is 4.89. The van der Waals surface area contributed by atoms with Crippen LogP contribution in [0.2, 0.25) is 0 Å². The van der Waals surface area contributed by atoms with Crippen LogP contribution in [0.15, 0.2) is 0 Å². The first kappa shape index (κ1) is 19.7. The third-order valence-electron chi connectivity index (χ3n) is 4.37. The normalized spacial score (nSPS) is 18.2. The smallest absolute Gasteiger partial charge is 0.419 e. The first-order chi connectivity index (χ1) is 11.0. The number of unbranched alkanes of at least 4 members (excludes halogenated alkanes) is 1. The van der Waals surface area contributed by atoms with Crippen molar-refractivity contribution in [3.8, 4) is 0 Å². The molecule has 0 aliphatic heterocycles. The van der Waals surface area contributed by atoms with E-state index in [-0.39, 0.29) is 25.6 Å². The lowest BCUT2D eigenvalue weighted by Gasteiger charge is -2.29. The highest BCUT2D eigenvalue weighted by molar-refractivity contribution is 5.86. The van der Waals surface area contributed by atoms with Gasteiger partial charge in [0.15, 0.2) is 0 Å². The van der Waals surface area contributed by atoms with Gasteiger partial charge in [-0.3, -0.25) is 0 Å². The Balaban J connectivity index is 2.44. The van der Waals surface area contributed by atoms with Gasteiger partial charge in [-0.1, -0.05) is 32.6 Å². The van der Waals surface area contributed by atoms with E-state index in [4.69, 9.17) is 15.6 Å². The lowest BCUT2D eigenvalue weighted by Crippen LogP contribution is -2.44. The monoisotopic (exact) mass is 330 g/mol. The van der Waals surface area contributed by atoms with Crippen molar-refractivity contribution in [2.75, 3.05) is 13.2 Å². The van der Waals surface area contributed by atoms with Crippen LogP contribution in [-0.2, 0) is 4.74 Å². The first-order valence-corrected chi connectivity index (χ1v) is 8.56. The molecule has 2 atom stereocenters. The fraction of sp³-hybridized carbons (Fsp3) is 0.875. The number of imide groups is 1. The van der Waals surface area contributed by atoms with Gasteiger partial charge in [-0.25, -0.2) is 14.5 Å². The lowest BCUT2D eigenvalue weighted by molar-refractivity contribution is 0.0615. The van der Waals surface area contributed by atoms with E-state index in [9.17, 15) is 14.7 Å². The van der Waals surface area contributed by atoms with Crippen LogP contribution in [0.3, 0.4) is 0 Å². The lowest BCUT2D eigenvalue weighted by atomic mass is 9.82. The van der Waals surface area contributed by atoms with Crippen LogP contribution in [-0.4, -0.2) is 52.6 Å². The number of hydrogen-bond acceptors (Lipinski definition) is 5. The first-order valence-electron chi connectivity index (χ1n) is 8.56. The van der Waals surface area contributed by atoms with Gasteiger partial charge in [-0.15, -0.1) is 0 Å². The zero-order valence-electron chi connectivity index (χ0n) is 13.9. The molecule has 0 aromatic rings. The van der Waals surface area contributed by atoms with Gasteiger partial charge in [0.2, 0.25) is 0 Å². The highest BCUT2D eigenvalue weighted by atomic mass is 16.6. The molecule has 0 saturated heterocycles. The van der Waals surface area contributed by atoms with Crippen LogP contribution in [0.5, 0.6) is 0 Å². The molecule has 2 unspecified atom stereocenters. The summed E-state index contributed by atoms with van der Waals surface area (Å²) in [6.07, 6.45) is 4.12. The molecule has 2 amide bonds. The summed E-state index contributed by atoms with van der Waals surface area (Å²) in [4.78, 5) is 23.5. The Labute approximate surface area is 137 Å². The molecule has 1 saturated carbocycles. The number of carbonyl (C=O) groups is 2. The second-order valence-corrected chi connectivity index (χ2v) is 6.31. The maximum atomic E-state index is 11.8. The van der Waals surface area contributed by atoms with E-state index in [1.54, 1.807) is 0 Å². The predicted octanol–water partition coefficient (Wildman–Crippen LogP) is 2.56. The molecule has 7 nitrogen and oxygen atoms in total. The third-order valence-corrected chi connectivity index (χ3v) is 4.37. The summed E-state index contributed by atoms with van der Waals surface area (Å²) in [5, 5.41) is 19.2. The van der Waals surface area contributed by atoms with Gasteiger partial charge < -0.3 is 20.7 Å². The molecule has 0 bridgehead atoms. The van der Waals surface area contributed by atoms with Crippen molar-refractivity contribution in [2.45, 2.75) is 70.4 Å². The molecular formula is C16H30N2O5. The van der Waals surface area contributed by atoms with E-state index in [1.165, 1.54) is 6.42 Å². The highest BCUT2D eigenvalue weighted by Gasteiger charge is 2.28. The van der Waals surface area contributed by atoms with Crippen molar-refractivity contribution in [3.05, 3.63) is 0 Å². The van der Waals surface area contributed by atoms with Crippen LogP contribution >= 0.6 is 0 Å². The number of rotatable bonds is 8. The minimum atomic E-state index is -1.42. The molecule has 1 rings (SSSR count). The van der Waals surface area contributed by atoms with Gasteiger partial charge in [0.25, 0.3) is 0 Å². The summed E-state index contributed by atoms with van der Waals surface area (Å²) in [7, 11) is 0. The molecule has 0 heterocycles. The zero-order valence-corrected chi connectivity index (χ0v) is 13.9. The van der Waals surface area contributed by atoms with Gasteiger partial charge in [0.05, 0.1) is 19.3 Å². The van der Waals surface area contributed by atoms with E-state index in [2.05, 4.69) is 0 Å². The fourth-order valence-corrected chi connectivity index (χ4v) is 2.97. The minimum absolute atomic E-state index is 0.169. The van der Waals surface area contributed by atoms with Crippen molar-refractivity contribution in [1.29, 1.82) is 0 Å². The van der Waals surface area contributed by atoms with Crippen LogP contribution < -0.4 is 5.73 Å². The Bertz CT molecular complexity index is 371. The van der Waals surface area contributed by atoms with Gasteiger partial charge in [-0.05, 0) is 31.6 Å². The summed E-state index contributed by atoms with van der Waals surface area (Å²) in [5.74, 6) is 0.369.